The molecule has 4 nitrogen and oxygen atoms in total. The molecule has 1 heterocycles. The molecule has 0 aromatic carbocycles. The van der Waals surface area contributed by atoms with Crippen molar-refractivity contribution in [2.45, 2.75) is 39.2 Å². The Balaban J connectivity index is 2.56. The second kappa shape index (κ2) is 3.77. The van der Waals surface area contributed by atoms with Crippen molar-refractivity contribution in [1.82, 2.24) is 9.55 Å². The van der Waals surface area contributed by atoms with Gasteiger partial charge in [-0.25, -0.2) is 4.98 Å². The first-order chi connectivity index (χ1) is 7.15. The van der Waals surface area contributed by atoms with Crippen LogP contribution in [-0.2, 0) is 6.54 Å². The summed E-state index contributed by atoms with van der Waals surface area (Å²) in [6.45, 7) is 4.00. The van der Waals surface area contributed by atoms with Crippen LogP contribution in [0.15, 0.2) is 4.79 Å². The second-order valence-electron chi connectivity index (χ2n) is 4.14. The number of hydrogen-bond donors (Lipinski definition) is 1. The molecule has 0 spiro atoms. The Labute approximate surface area is 88.6 Å². The number of aliphatic hydroxyl groups excluding tert-OH is 1. The summed E-state index contributed by atoms with van der Waals surface area (Å²) >= 11 is 0. The Morgan fingerprint density at radius 3 is 2.67 bits per heavy atom. The zero-order chi connectivity index (χ0) is 11.0. The highest BCUT2D eigenvalue weighted by Crippen LogP contribution is 2.38. The first-order valence-electron chi connectivity index (χ1n) is 5.34. The fraction of sp³-hybridized carbons (Fsp3) is 0.636. The van der Waals surface area contributed by atoms with E-state index in [1.165, 1.54) is 0 Å². The molecule has 4 heteroatoms. The Morgan fingerprint density at radius 1 is 1.47 bits per heavy atom. The van der Waals surface area contributed by atoms with Gasteiger partial charge in [-0.3, -0.25) is 9.36 Å². The van der Waals surface area contributed by atoms with Crippen molar-refractivity contribution >= 4 is 0 Å². The molecular weight excluding hydrogens is 192 g/mol. The summed E-state index contributed by atoms with van der Waals surface area (Å²) in [6, 6.07) is 0. The van der Waals surface area contributed by atoms with Crippen molar-refractivity contribution < 1.29 is 5.11 Å². The van der Waals surface area contributed by atoms with Crippen LogP contribution < -0.4 is 5.56 Å². The molecule has 0 unspecified atom stereocenters. The highest BCUT2D eigenvalue weighted by molar-refractivity contribution is 5.19. The number of aromatic nitrogens is 2. The van der Waals surface area contributed by atoms with E-state index in [-0.39, 0.29) is 12.2 Å². The Morgan fingerprint density at radius 2 is 2.13 bits per heavy atom. The second-order valence-corrected chi connectivity index (χ2v) is 4.14. The van der Waals surface area contributed by atoms with E-state index < -0.39 is 0 Å². The van der Waals surface area contributed by atoms with Crippen LogP contribution in [0.5, 0.6) is 0 Å². The van der Waals surface area contributed by atoms with Gasteiger partial charge in [-0.1, -0.05) is 0 Å². The zero-order valence-corrected chi connectivity index (χ0v) is 9.16. The quantitative estimate of drug-likeness (QED) is 0.796. The van der Waals surface area contributed by atoms with Gasteiger partial charge in [0.15, 0.2) is 0 Å². The SMILES string of the molecule is Cc1nc(C2CC2)n(CCO)c(=O)c1C. The molecule has 1 N–H and O–H groups in total. The molecule has 1 fully saturated rings. The minimum absolute atomic E-state index is 0.00144. The van der Waals surface area contributed by atoms with Crippen LogP contribution in [0.4, 0.5) is 0 Å². The largest absolute Gasteiger partial charge is 0.395 e. The molecule has 82 valence electrons. The molecule has 1 aromatic heterocycles. The first-order valence-corrected chi connectivity index (χ1v) is 5.34. The molecule has 1 aliphatic rings. The summed E-state index contributed by atoms with van der Waals surface area (Å²) in [5, 5.41) is 8.94. The minimum Gasteiger partial charge on any atom is -0.395 e. The summed E-state index contributed by atoms with van der Waals surface area (Å²) in [5.41, 5.74) is 1.50. The van der Waals surface area contributed by atoms with Crippen molar-refractivity contribution in [3.63, 3.8) is 0 Å². The van der Waals surface area contributed by atoms with E-state index in [0.717, 1.165) is 24.4 Å². The van der Waals surface area contributed by atoms with Gasteiger partial charge in [0.25, 0.3) is 5.56 Å². The van der Waals surface area contributed by atoms with Crippen LogP contribution in [0.1, 0.15) is 35.8 Å². The lowest BCUT2D eigenvalue weighted by molar-refractivity contribution is 0.271. The van der Waals surface area contributed by atoms with Crippen LogP contribution in [0.2, 0.25) is 0 Å². The molecule has 1 saturated carbocycles. The van der Waals surface area contributed by atoms with Gasteiger partial charge < -0.3 is 5.11 Å². The Hall–Kier alpha value is -1.16. The predicted octanol–water partition coefficient (Wildman–Crippen LogP) is 0.730. The van der Waals surface area contributed by atoms with E-state index in [1.807, 2.05) is 6.92 Å². The van der Waals surface area contributed by atoms with Crippen molar-refractivity contribution in [3.05, 3.63) is 27.4 Å². The summed E-state index contributed by atoms with van der Waals surface area (Å²) < 4.78 is 1.62. The van der Waals surface area contributed by atoms with Crippen LogP contribution in [-0.4, -0.2) is 21.3 Å². The van der Waals surface area contributed by atoms with E-state index >= 15 is 0 Å². The van der Waals surface area contributed by atoms with Crippen molar-refractivity contribution in [3.8, 4) is 0 Å². The number of hydrogen-bond acceptors (Lipinski definition) is 3. The molecule has 0 saturated heterocycles. The Bertz CT molecular complexity index is 433. The van der Waals surface area contributed by atoms with Gasteiger partial charge in [0.1, 0.15) is 5.82 Å². The molecular formula is C11H16N2O2. The summed E-state index contributed by atoms with van der Waals surface area (Å²) in [5.74, 6) is 1.29. The number of aryl methyl sites for hydroxylation is 1. The highest BCUT2D eigenvalue weighted by atomic mass is 16.3. The van der Waals surface area contributed by atoms with Gasteiger partial charge in [0, 0.05) is 17.2 Å². The highest BCUT2D eigenvalue weighted by Gasteiger charge is 2.29. The smallest absolute Gasteiger partial charge is 0.256 e. The van der Waals surface area contributed by atoms with Crippen LogP contribution in [0, 0.1) is 13.8 Å². The van der Waals surface area contributed by atoms with Crippen molar-refractivity contribution in [2.75, 3.05) is 6.61 Å². The zero-order valence-electron chi connectivity index (χ0n) is 9.16. The average Bonchev–Trinajstić information content (AvgIpc) is 3.02. The topological polar surface area (TPSA) is 55.1 Å². The third kappa shape index (κ3) is 1.81. The van der Waals surface area contributed by atoms with Gasteiger partial charge in [-0.2, -0.15) is 0 Å². The lowest BCUT2D eigenvalue weighted by Crippen LogP contribution is -2.29. The van der Waals surface area contributed by atoms with E-state index in [4.69, 9.17) is 5.11 Å². The van der Waals surface area contributed by atoms with Gasteiger partial charge in [-0.05, 0) is 26.7 Å². The van der Waals surface area contributed by atoms with Crippen molar-refractivity contribution in [1.29, 1.82) is 0 Å². The maximum absolute atomic E-state index is 11.9. The molecule has 0 radical (unpaired) electrons. The Kier molecular flexibility index (Phi) is 2.61. The third-order valence-electron chi connectivity index (χ3n) is 2.93. The summed E-state index contributed by atoms with van der Waals surface area (Å²) in [7, 11) is 0. The van der Waals surface area contributed by atoms with E-state index in [1.54, 1.807) is 11.5 Å². The van der Waals surface area contributed by atoms with Crippen LogP contribution in [0.3, 0.4) is 0 Å². The summed E-state index contributed by atoms with van der Waals surface area (Å²) in [4.78, 5) is 16.4. The van der Waals surface area contributed by atoms with Crippen LogP contribution >= 0.6 is 0 Å². The molecule has 0 aliphatic heterocycles. The van der Waals surface area contributed by atoms with E-state index in [2.05, 4.69) is 4.98 Å². The van der Waals surface area contributed by atoms with E-state index in [0.29, 0.717) is 18.0 Å². The molecule has 2 rings (SSSR count). The normalized spacial score (nSPS) is 15.7. The molecule has 0 amide bonds. The molecule has 1 aromatic rings. The van der Waals surface area contributed by atoms with Gasteiger partial charge in [-0.15, -0.1) is 0 Å². The number of aliphatic hydroxyl groups is 1. The number of nitrogens with zero attached hydrogens (tertiary/aromatic N) is 2. The van der Waals surface area contributed by atoms with Gasteiger partial charge in [0.05, 0.1) is 13.2 Å². The van der Waals surface area contributed by atoms with Gasteiger partial charge >= 0.3 is 0 Å². The minimum atomic E-state index is -0.0101. The van der Waals surface area contributed by atoms with Crippen LogP contribution in [0.25, 0.3) is 0 Å². The fourth-order valence-electron chi connectivity index (χ4n) is 1.75. The lowest BCUT2D eigenvalue weighted by atomic mass is 10.2. The standard InChI is InChI=1S/C11H16N2O2/c1-7-8(2)12-10(9-3-4-9)13(5-6-14)11(7)15/h9,14H,3-6H2,1-2H3. The van der Waals surface area contributed by atoms with E-state index in [9.17, 15) is 4.79 Å². The molecule has 15 heavy (non-hydrogen) atoms. The predicted molar refractivity (Wildman–Crippen MR) is 57.0 cm³/mol. The molecule has 0 atom stereocenters. The summed E-state index contributed by atoms with van der Waals surface area (Å²) in [6.07, 6.45) is 2.22. The maximum atomic E-state index is 11.9. The monoisotopic (exact) mass is 208 g/mol. The fourth-order valence-corrected chi connectivity index (χ4v) is 1.75. The lowest BCUT2D eigenvalue weighted by Gasteiger charge is -2.12. The van der Waals surface area contributed by atoms with Crippen molar-refractivity contribution in [2.24, 2.45) is 0 Å². The first kappa shape index (κ1) is 10.4. The average molecular weight is 208 g/mol. The van der Waals surface area contributed by atoms with Gasteiger partial charge in [0.2, 0.25) is 0 Å². The number of rotatable bonds is 3. The maximum Gasteiger partial charge on any atom is 0.256 e. The molecule has 0 bridgehead atoms. The third-order valence-corrected chi connectivity index (χ3v) is 2.93. The molecule has 1 aliphatic carbocycles.